The van der Waals surface area contributed by atoms with Crippen LogP contribution in [-0.4, -0.2) is 68.2 Å². The lowest BCUT2D eigenvalue weighted by atomic mass is 9.79. The predicted molar refractivity (Wildman–Crippen MR) is 104 cm³/mol. The Morgan fingerprint density at radius 3 is 2.43 bits per heavy atom. The number of likely N-dealkylation sites (tertiary alicyclic amines) is 1. The highest BCUT2D eigenvalue weighted by atomic mass is 32.2. The summed E-state index contributed by atoms with van der Waals surface area (Å²) in [6, 6.07) is 10.5. The number of aliphatic carboxylic acids is 1. The van der Waals surface area contributed by atoms with E-state index in [1.54, 1.807) is 6.92 Å². The zero-order valence-corrected chi connectivity index (χ0v) is 17.5. The summed E-state index contributed by atoms with van der Waals surface area (Å²) in [5, 5.41) is 7.12. The van der Waals surface area contributed by atoms with Gasteiger partial charge < -0.3 is 9.84 Å². The molecule has 1 atom stereocenters. The van der Waals surface area contributed by atoms with Crippen LogP contribution in [0.2, 0.25) is 0 Å². The largest absolute Gasteiger partial charge is 0.490 e. The van der Waals surface area contributed by atoms with Crippen molar-refractivity contribution >= 4 is 16.0 Å². The Kier molecular flexibility index (Phi) is 8.26. The van der Waals surface area contributed by atoms with Gasteiger partial charge in [0.1, 0.15) is 0 Å². The molecule has 30 heavy (non-hydrogen) atoms. The maximum atomic E-state index is 11.5. The second-order valence-electron chi connectivity index (χ2n) is 7.42. The molecule has 0 radical (unpaired) electrons. The molecule has 1 aromatic rings. The van der Waals surface area contributed by atoms with E-state index in [1.165, 1.54) is 5.56 Å². The van der Waals surface area contributed by atoms with Crippen LogP contribution >= 0.6 is 0 Å². The molecule has 0 bridgehead atoms. The van der Waals surface area contributed by atoms with Gasteiger partial charge in [-0.1, -0.05) is 30.3 Å². The average Bonchev–Trinajstić information content (AvgIpc) is 3.06. The highest BCUT2D eigenvalue weighted by molar-refractivity contribution is 7.89. The van der Waals surface area contributed by atoms with Crippen molar-refractivity contribution in [3.63, 3.8) is 0 Å². The van der Waals surface area contributed by atoms with Gasteiger partial charge in [-0.3, -0.25) is 4.90 Å². The van der Waals surface area contributed by atoms with Gasteiger partial charge in [-0.05, 0) is 31.2 Å². The van der Waals surface area contributed by atoms with Crippen molar-refractivity contribution in [2.24, 2.45) is 5.92 Å². The van der Waals surface area contributed by atoms with Gasteiger partial charge in [-0.2, -0.15) is 13.2 Å². The molecule has 1 aromatic carbocycles. The number of ether oxygens (including phenoxy) is 1. The van der Waals surface area contributed by atoms with Crippen LogP contribution in [0.1, 0.15) is 25.3 Å². The molecule has 0 aliphatic carbocycles. The Morgan fingerprint density at radius 2 is 1.90 bits per heavy atom. The van der Waals surface area contributed by atoms with Crippen molar-refractivity contribution in [1.29, 1.82) is 0 Å². The van der Waals surface area contributed by atoms with E-state index in [0.29, 0.717) is 12.5 Å². The Hall–Kier alpha value is -1.69. The second kappa shape index (κ2) is 10.1. The van der Waals surface area contributed by atoms with E-state index in [1.807, 2.05) is 6.07 Å². The van der Waals surface area contributed by atoms with E-state index in [2.05, 4.69) is 33.9 Å². The number of hydrogen-bond donors (Lipinski definition) is 2. The lowest BCUT2D eigenvalue weighted by Gasteiger charge is -2.50. The van der Waals surface area contributed by atoms with Crippen molar-refractivity contribution < 1.29 is 36.2 Å². The van der Waals surface area contributed by atoms with Gasteiger partial charge in [0.15, 0.2) is 0 Å². The van der Waals surface area contributed by atoms with Crippen LogP contribution in [0, 0.1) is 5.92 Å². The van der Waals surface area contributed by atoms with Gasteiger partial charge in [-0.25, -0.2) is 17.9 Å². The molecule has 1 unspecified atom stereocenters. The number of carbonyl (C=O) groups is 1. The molecule has 3 rings (SSSR count). The number of benzene rings is 1. The first-order valence-electron chi connectivity index (χ1n) is 9.65. The Labute approximate surface area is 174 Å². The molecule has 1 spiro atoms. The Bertz CT molecular complexity index is 796. The fraction of sp³-hybridized carbons (Fsp3) is 0.632. The maximum absolute atomic E-state index is 11.5. The topological polar surface area (TPSA) is 95.9 Å². The minimum absolute atomic E-state index is 0.0492. The van der Waals surface area contributed by atoms with Crippen molar-refractivity contribution in [2.45, 2.75) is 38.1 Å². The first kappa shape index (κ1) is 24.6. The lowest BCUT2D eigenvalue weighted by Crippen LogP contribution is -2.64. The minimum atomic E-state index is -5.08. The van der Waals surface area contributed by atoms with E-state index >= 15 is 0 Å². The quantitative estimate of drug-likeness (QED) is 0.659. The number of carboxylic acid groups (broad SMARTS) is 1. The minimum Gasteiger partial charge on any atom is -0.475 e. The summed E-state index contributed by atoms with van der Waals surface area (Å²) in [4.78, 5) is 11.3. The molecule has 2 saturated heterocycles. The smallest absolute Gasteiger partial charge is 0.475 e. The van der Waals surface area contributed by atoms with E-state index in [0.717, 1.165) is 39.1 Å². The molecule has 2 N–H and O–H groups in total. The third-order valence-electron chi connectivity index (χ3n) is 5.27. The van der Waals surface area contributed by atoms with Crippen LogP contribution in [0.3, 0.4) is 0 Å². The summed E-state index contributed by atoms with van der Waals surface area (Å²) >= 11 is 0. The highest BCUT2D eigenvalue weighted by Gasteiger charge is 2.52. The van der Waals surface area contributed by atoms with Crippen LogP contribution in [-0.2, 0) is 26.1 Å². The van der Waals surface area contributed by atoms with Gasteiger partial charge >= 0.3 is 12.1 Å². The summed E-state index contributed by atoms with van der Waals surface area (Å²) in [5.74, 6) is -2.16. The summed E-state index contributed by atoms with van der Waals surface area (Å²) in [6.07, 6.45) is -3.19. The molecule has 7 nitrogen and oxygen atoms in total. The summed E-state index contributed by atoms with van der Waals surface area (Å²) < 4.78 is 63.5. The summed E-state index contributed by atoms with van der Waals surface area (Å²) in [5.41, 5.74) is 1.28. The first-order chi connectivity index (χ1) is 14.0. The predicted octanol–water partition coefficient (Wildman–Crippen LogP) is 2.24. The number of halogens is 3. The third kappa shape index (κ3) is 6.93. The van der Waals surface area contributed by atoms with Crippen LogP contribution in [0.4, 0.5) is 13.2 Å². The molecule has 170 valence electrons. The molecule has 0 aromatic heterocycles. The average molecular weight is 452 g/mol. The molecular weight excluding hydrogens is 425 g/mol. The number of nitrogens with one attached hydrogen (secondary N) is 1. The van der Waals surface area contributed by atoms with Gasteiger partial charge in [-0.15, -0.1) is 0 Å². The van der Waals surface area contributed by atoms with Gasteiger partial charge in [0.2, 0.25) is 10.0 Å². The molecule has 2 heterocycles. The van der Waals surface area contributed by atoms with E-state index < -0.39 is 22.2 Å². The molecule has 0 amide bonds. The molecule has 2 aliphatic rings. The van der Waals surface area contributed by atoms with Gasteiger partial charge in [0.05, 0.1) is 11.4 Å². The summed E-state index contributed by atoms with van der Waals surface area (Å²) in [7, 11) is -3.09. The van der Waals surface area contributed by atoms with Crippen molar-refractivity contribution in [3.05, 3.63) is 35.9 Å². The number of carboxylic acids is 1. The fourth-order valence-electron chi connectivity index (χ4n) is 3.70. The molecule has 2 fully saturated rings. The highest BCUT2D eigenvalue weighted by Crippen LogP contribution is 2.42. The van der Waals surface area contributed by atoms with Crippen LogP contribution in [0.5, 0.6) is 0 Å². The van der Waals surface area contributed by atoms with Gasteiger partial charge in [0, 0.05) is 32.8 Å². The SMILES string of the molecule is CCS(=O)(=O)NCCC1CCOC12CN(Cc1ccccc1)C2.O=C(O)C(F)(F)F. The van der Waals surface area contributed by atoms with E-state index in [-0.39, 0.29) is 11.4 Å². The number of nitrogens with zero attached hydrogens (tertiary/aromatic N) is 1. The molecular formula is C19H27F3N2O5S. The van der Waals surface area contributed by atoms with Crippen LogP contribution < -0.4 is 4.72 Å². The second-order valence-corrected chi connectivity index (χ2v) is 9.51. The zero-order chi connectivity index (χ0) is 22.4. The van der Waals surface area contributed by atoms with E-state index in [4.69, 9.17) is 14.6 Å². The van der Waals surface area contributed by atoms with Crippen molar-refractivity contribution in [3.8, 4) is 0 Å². The maximum Gasteiger partial charge on any atom is 0.490 e. The van der Waals surface area contributed by atoms with E-state index in [9.17, 15) is 21.6 Å². The number of sulfonamides is 1. The summed E-state index contributed by atoms with van der Waals surface area (Å²) in [6.45, 7) is 5.84. The molecule has 2 aliphatic heterocycles. The lowest BCUT2D eigenvalue weighted by molar-refractivity contribution is -0.192. The number of hydrogen-bond acceptors (Lipinski definition) is 5. The molecule has 0 saturated carbocycles. The first-order valence-corrected chi connectivity index (χ1v) is 11.3. The monoisotopic (exact) mass is 452 g/mol. The molecule has 11 heteroatoms. The van der Waals surface area contributed by atoms with Crippen LogP contribution in [0.25, 0.3) is 0 Å². The Balaban J connectivity index is 0.000000396. The Morgan fingerprint density at radius 1 is 1.30 bits per heavy atom. The number of alkyl halides is 3. The zero-order valence-electron chi connectivity index (χ0n) is 16.7. The fourth-order valence-corrected chi connectivity index (χ4v) is 4.33. The normalized spacial score (nSPS) is 21.0. The van der Waals surface area contributed by atoms with Crippen molar-refractivity contribution in [2.75, 3.05) is 32.0 Å². The number of rotatable bonds is 7. The van der Waals surface area contributed by atoms with Gasteiger partial charge in [0.25, 0.3) is 0 Å². The van der Waals surface area contributed by atoms with Crippen LogP contribution in [0.15, 0.2) is 30.3 Å². The standard InChI is InChI=1S/C17H26N2O3S.C2HF3O2/c1-2-23(20,21)18-10-8-16-9-11-22-17(16)13-19(14-17)12-15-6-4-3-5-7-15;3-2(4,5)1(6)7/h3-7,16,18H,2,8-14H2,1H3;(H,6,7). The van der Waals surface area contributed by atoms with Crippen molar-refractivity contribution in [1.82, 2.24) is 9.62 Å². The third-order valence-corrected chi connectivity index (χ3v) is 6.67.